The van der Waals surface area contributed by atoms with Crippen LogP contribution in [0.2, 0.25) is 0 Å². The van der Waals surface area contributed by atoms with Gasteiger partial charge in [-0.05, 0) is 27.2 Å². The molecule has 1 rings (SSSR count). The third kappa shape index (κ3) is 5.60. The summed E-state index contributed by atoms with van der Waals surface area (Å²) in [6.45, 7) is 5.45. The Hall–Kier alpha value is -1.80. The number of alkyl carbamates (subject to hydrolysis) is 1. The molecule has 8 heteroatoms. The molecule has 0 aliphatic heterocycles. The molecular weight excluding hydrogens is 276 g/mol. The first-order valence-corrected chi connectivity index (χ1v) is 6.72. The van der Waals surface area contributed by atoms with Gasteiger partial charge in [-0.3, -0.25) is 4.68 Å². The summed E-state index contributed by atoms with van der Waals surface area (Å²) in [5, 5.41) is 26.3. The highest BCUT2D eigenvalue weighted by molar-refractivity contribution is 5.67. The summed E-state index contributed by atoms with van der Waals surface area (Å²) < 4.78 is 6.52. The van der Waals surface area contributed by atoms with Crippen molar-refractivity contribution in [3.8, 4) is 0 Å². The molecule has 1 heterocycles. The first-order chi connectivity index (χ1) is 9.60. The molecule has 0 saturated heterocycles. The molecule has 120 valence electrons. The number of nitrogens with one attached hydrogen (secondary N) is 1. The van der Waals surface area contributed by atoms with E-state index in [0.29, 0.717) is 5.56 Å². The van der Waals surface area contributed by atoms with Crippen molar-refractivity contribution in [1.29, 1.82) is 0 Å². The number of aromatic nitrogens is 2. The number of carbonyl (C=O) groups is 1. The summed E-state index contributed by atoms with van der Waals surface area (Å²) >= 11 is 0. The largest absolute Gasteiger partial charge is 0.444 e. The first-order valence-electron chi connectivity index (χ1n) is 6.72. The zero-order valence-electron chi connectivity index (χ0n) is 12.8. The van der Waals surface area contributed by atoms with Gasteiger partial charge in [-0.25, -0.2) is 4.79 Å². The number of aliphatic hydroxyl groups excluding tert-OH is 2. The number of nitrogen functional groups attached to an aromatic ring is 1. The molecule has 0 spiro atoms. The van der Waals surface area contributed by atoms with Crippen molar-refractivity contribution < 1.29 is 19.7 Å². The highest BCUT2D eigenvalue weighted by Gasteiger charge is 2.23. The molecule has 0 aliphatic rings. The lowest BCUT2D eigenvalue weighted by Gasteiger charge is -2.21. The number of amides is 1. The smallest absolute Gasteiger partial charge is 0.407 e. The van der Waals surface area contributed by atoms with Crippen molar-refractivity contribution in [2.75, 3.05) is 12.3 Å². The Balaban J connectivity index is 2.42. The molecule has 0 aliphatic carbocycles. The molecule has 1 aromatic rings. The normalized spacial score (nSPS) is 14.6. The Morgan fingerprint density at radius 2 is 2.14 bits per heavy atom. The minimum absolute atomic E-state index is 0.161. The van der Waals surface area contributed by atoms with Crippen molar-refractivity contribution in [1.82, 2.24) is 15.1 Å². The third-order valence-electron chi connectivity index (χ3n) is 2.68. The number of rotatable bonds is 5. The van der Waals surface area contributed by atoms with E-state index in [9.17, 15) is 15.0 Å². The van der Waals surface area contributed by atoms with Gasteiger partial charge in [0.2, 0.25) is 0 Å². The Kier molecular flexibility index (Phi) is 5.56. The second-order valence-electron chi connectivity index (χ2n) is 5.87. The molecule has 8 nitrogen and oxygen atoms in total. The molecule has 1 amide bonds. The number of anilines is 1. The van der Waals surface area contributed by atoms with Crippen molar-refractivity contribution >= 4 is 11.9 Å². The number of ether oxygens (including phenoxy) is 1. The highest BCUT2D eigenvalue weighted by atomic mass is 16.6. The summed E-state index contributed by atoms with van der Waals surface area (Å²) in [5.74, 6) is 0.171. The van der Waals surface area contributed by atoms with Crippen LogP contribution >= 0.6 is 0 Å². The SMILES string of the molecule is Cn1cc(C(O)C(O)CCNC(=O)OC(C)(C)C)c(N)n1. The van der Waals surface area contributed by atoms with E-state index < -0.39 is 23.9 Å². The molecule has 5 N–H and O–H groups in total. The van der Waals surface area contributed by atoms with Gasteiger partial charge in [0, 0.05) is 25.4 Å². The fourth-order valence-electron chi connectivity index (χ4n) is 1.75. The molecular formula is C13H24N4O4. The van der Waals surface area contributed by atoms with Crippen LogP contribution in [0.3, 0.4) is 0 Å². The summed E-state index contributed by atoms with van der Waals surface area (Å²) in [5.41, 5.74) is 5.42. The summed E-state index contributed by atoms with van der Waals surface area (Å²) in [6.07, 6.45) is -1.07. The minimum atomic E-state index is -1.15. The van der Waals surface area contributed by atoms with Gasteiger partial charge >= 0.3 is 6.09 Å². The van der Waals surface area contributed by atoms with Crippen molar-refractivity contribution in [3.05, 3.63) is 11.8 Å². The topological polar surface area (TPSA) is 123 Å². The van der Waals surface area contributed by atoms with Crippen LogP contribution in [0.5, 0.6) is 0 Å². The molecule has 0 radical (unpaired) electrons. The Morgan fingerprint density at radius 3 is 2.62 bits per heavy atom. The van der Waals surface area contributed by atoms with E-state index >= 15 is 0 Å². The maximum absolute atomic E-state index is 11.4. The molecule has 0 aromatic carbocycles. The predicted molar refractivity (Wildman–Crippen MR) is 77.4 cm³/mol. The maximum atomic E-state index is 11.4. The number of hydrogen-bond acceptors (Lipinski definition) is 6. The Labute approximate surface area is 123 Å². The molecule has 1 aromatic heterocycles. The number of hydrogen-bond donors (Lipinski definition) is 4. The molecule has 21 heavy (non-hydrogen) atoms. The number of nitrogens with zero attached hydrogens (tertiary/aromatic N) is 2. The fourth-order valence-corrected chi connectivity index (χ4v) is 1.75. The van der Waals surface area contributed by atoms with Crippen LogP contribution in [0, 0.1) is 0 Å². The standard InChI is InChI=1S/C13H24N4O4/c1-13(2,3)21-12(20)15-6-5-9(18)10(19)8-7-17(4)16-11(8)14/h7,9-10,18-19H,5-6H2,1-4H3,(H2,14,16)(H,15,20). The van der Waals surface area contributed by atoms with Gasteiger partial charge in [0.25, 0.3) is 0 Å². The average Bonchev–Trinajstić information content (AvgIpc) is 2.65. The van der Waals surface area contributed by atoms with Gasteiger partial charge in [0.05, 0.1) is 6.10 Å². The van der Waals surface area contributed by atoms with Crippen LogP contribution in [-0.4, -0.2) is 44.3 Å². The second-order valence-corrected chi connectivity index (χ2v) is 5.87. The van der Waals surface area contributed by atoms with E-state index in [-0.39, 0.29) is 18.8 Å². The van der Waals surface area contributed by atoms with Crippen LogP contribution < -0.4 is 11.1 Å². The molecule has 2 unspecified atom stereocenters. The number of aliphatic hydroxyl groups is 2. The van der Waals surface area contributed by atoms with Crippen LogP contribution in [0.15, 0.2) is 6.20 Å². The van der Waals surface area contributed by atoms with Gasteiger partial charge in [-0.15, -0.1) is 0 Å². The lowest BCUT2D eigenvalue weighted by molar-refractivity contribution is 0.0126. The van der Waals surface area contributed by atoms with Crippen molar-refractivity contribution in [3.63, 3.8) is 0 Å². The lowest BCUT2D eigenvalue weighted by atomic mass is 10.0. The number of nitrogens with two attached hydrogens (primary N) is 1. The minimum Gasteiger partial charge on any atom is -0.444 e. The van der Waals surface area contributed by atoms with E-state index in [2.05, 4.69) is 10.4 Å². The number of aryl methyl sites for hydroxylation is 1. The second kappa shape index (κ2) is 6.77. The van der Waals surface area contributed by atoms with Gasteiger partial charge in [-0.1, -0.05) is 0 Å². The van der Waals surface area contributed by atoms with Gasteiger partial charge in [-0.2, -0.15) is 5.10 Å². The van der Waals surface area contributed by atoms with Gasteiger partial charge < -0.3 is 26.0 Å². The fraction of sp³-hybridized carbons (Fsp3) is 0.692. The zero-order valence-corrected chi connectivity index (χ0v) is 12.8. The molecule has 0 saturated carbocycles. The van der Waals surface area contributed by atoms with Crippen LogP contribution in [0.4, 0.5) is 10.6 Å². The summed E-state index contributed by atoms with van der Waals surface area (Å²) in [4.78, 5) is 11.4. The van der Waals surface area contributed by atoms with E-state index in [1.807, 2.05) is 0 Å². The van der Waals surface area contributed by atoms with Crippen LogP contribution in [0.1, 0.15) is 38.9 Å². The van der Waals surface area contributed by atoms with E-state index in [4.69, 9.17) is 10.5 Å². The lowest BCUT2D eigenvalue weighted by Crippen LogP contribution is -2.34. The highest BCUT2D eigenvalue weighted by Crippen LogP contribution is 2.23. The molecule has 0 bridgehead atoms. The first kappa shape index (κ1) is 17.3. The molecule has 0 fully saturated rings. The quantitative estimate of drug-likeness (QED) is 0.621. The van der Waals surface area contributed by atoms with Gasteiger partial charge in [0.1, 0.15) is 11.7 Å². The summed E-state index contributed by atoms with van der Waals surface area (Å²) in [7, 11) is 1.67. The monoisotopic (exact) mass is 300 g/mol. The Bertz CT molecular complexity index is 481. The Morgan fingerprint density at radius 1 is 1.52 bits per heavy atom. The zero-order chi connectivity index (χ0) is 16.2. The summed E-state index contributed by atoms with van der Waals surface area (Å²) in [6, 6.07) is 0. The maximum Gasteiger partial charge on any atom is 0.407 e. The number of carbonyl (C=O) groups excluding carboxylic acids is 1. The van der Waals surface area contributed by atoms with E-state index in [1.54, 1.807) is 34.0 Å². The average molecular weight is 300 g/mol. The van der Waals surface area contributed by atoms with E-state index in [0.717, 1.165) is 0 Å². The van der Waals surface area contributed by atoms with E-state index in [1.165, 1.54) is 4.68 Å². The third-order valence-corrected chi connectivity index (χ3v) is 2.68. The van der Waals surface area contributed by atoms with Crippen molar-refractivity contribution in [2.45, 2.75) is 45.0 Å². The van der Waals surface area contributed by atoms with Gasteiger partial charge in [0.15, 0.2) is 5.82 Å². The van der Waals surface area contributed by atoms with Crippen LogP contribution in [-0.2, 0) is 11.8 Å². The van der Waals surface area contributed by atoms with Crippen molar-refractivity contribution in [2.24, 2.45) is 7.05 Å². The predicted octanol–water partition coefficient (Wildman–Crippen LogP) is 0.311. The molecule has 2 atom stereocenters. The van der Waals surface area contributed by atoms with Crippen LogP contribution in [0.25, 0.3) is 0 Å².